The van der Waals surface area contributed by atoms with Gasteiger partial charge in [0.15, 0.2) is 0 Å². The fourth-order valence-corrected chi connectivity index (χ4v) is 1.57. The summed E-state index contributed by atoms with van der Waals surface area (Å²) in [5, 5.41) is 14.4. The van der Waals surface area contributed by atoms with Crippen molar-refractivity contribution in [2.45, 2.75) is 6.54 Å². The zero-order chi connectivity index (χ0) is 11.5. The normalized spacial score (nSPS) is 10.3. The predicted molar refractivity (Wildman–Crippen MR) is 62.1 cm³/mol. The van der Waals surface area contributed by atoms with Crippen LogP contribution in [0.15, 0.2) is 41.1 Å². The Morgan fingerprint density at radius 3 is 2.62 bits per heavy atom. The Morgan fingerprint density at radius 1 is 1.38 bits per heavy atom. The molecule has 1 aromatic heterocycles. The molecule has 0 spiro atoms. The average molecular weight is 282 g/mol. The molecule has 0 N–H and O–H groups in total. The molecule has 2 aromatic rings. The number of nitrogens with zero attached hydrogens (tertiary/aromatic N) is 3. The van der Waals surface area contributed by atoms with Gasteiger partial charge in [0.05, 0.1) is 11.5 Å². The molecule has 0 unspecified atom stereocenters. The van der Waals surface area contributed by atoms with Crippen LogP contribution in [0, 0.1) is 10.1 Å². The number of nitro groups is 1. The zero-order valence-electron chi connectivity index (χ0n) is 8.21. The summed E-state index contributed by atoms with van der Waals surface area (Å²) in [6.07, 6.45) is 2.67. The summed E-state index contributed by atoms with van der Waals surface area (Å²) in [7, 11) is 0. The van der Waals surface area contributed by atoms with Gasteiger partial charge in [0.25, 0.3) is 0 Å². The maximum Gasteiger partial charge on any atom is 0.307 e. The summed E-state index contributed by atoms with van der Waals surface area (Å²) in [5.74, 6) is 0. The molecule has 0 saturated carbocycles. The highest BCUT2D eigenvalue weighted by Gasteiger charge is 2.08. The maximum absolute atomic E-state index is 10.5. The van der Waals surface area contributed by atoms with Crippen LogP contribution in [0.25, 0.3) is 0 Å². The van der Waals surface area contributed by atoms with Crippen molar-refractivity contribution in [2.75, 3.05) is 0 Å². The van der Waals surface area contributed by atoms with Crippen molar-refractivity contribution < 1.29 is 4.92 Å². The highest BCUT2D eigenvalue weighted by Crippen LogP contribution is 2.13. The molecule has 0 aliphatic carbocycles. The van der Waals surface area contributed by atoms with Gasteiger partial charge in [-0.25, -0.2) is 0 Å². The van der Waals surface area contributed by atoms with Crippen LogP contribution >= 0.6 is 15.9 Å². The van der Waals surface area contributed by atoms with Crippen LogP contribution in [0.1, 0.15) is 5.56 Å². The number of halogens is 1. The third kappa shape index (κ3) is 2.46. The molecule has 82 valence electrons. The zero-order valence-corrected chi connectivity index (χ0v) is 9.79. The van der Waals surface area contributed by atoms with Crippen LogP contribution in [-0.4, -0.2) is 14.7 Å². The Bertz CT molecular complexity index is 507. The SMILES string of the molecule is O=[N+]([O-])c1cnn(Cc2ccc(Br)cc2)c1. The molecule has 16 heavy (non-hydrogen) atoms. The molecule has 0 aliphatic rings. The third-order valence-electron chi connectivity index (χ3n) is 2.09. The van der Waals surface area contributed by atoms with Gasteiger partial charge in [-0.15, -0.1) is 0 Å². The van der Waals surface area contributed by atoms with Crippen molar-refractivity contribution in [3.63, 3.8) is 0 Å². The van der Waals surface area contributed by atoms with Crippen LogP contribution in [0.3, 0.4) is 0 Å². The molecule has 0 atom stereocenters. The van der Waals surface area contributed by atoms with Crippen molar-refractivity contribution >= 4 is 21.6 Å². The number of hydrogen-bond acceptors (Lipinski definition) is 3. The molecular formula is C10H8BrN3O2. The Kier molecular flexibility index (Phi) is 3.00. The largest absolute Gasteiger partial charge is 0.307 e. The van der Waals surface area contributed by atoms with E-state index in [0.717, 1.165) is 10.0 Å². The van der Waals surface area contributed by atoms with Crippen LogP contribution in [-0.2, 0) is 6.54 Å². The molecule has 0 radical (unpaired) electrons. The Morgan fingerprint density at radius 2 is 2.06 bits per heavy atom. The fraction of sp³-hybridized carbons (Fsp3) is 0.100. The molecule has 0 amide bonds. The van der Waals surface area contributed by atoms with E-state index in [9.17, 15) is 10.1 Å². The van der Waals surface area contributed by atoms with Crippen LogP contribution in [0.2, 0.25) is 0 Å². The summed E-state index contributed by atoms with van der Waals surface area (Å²) >= 11 is 3.34. The lowest BCUT2D eigenvalue weighted by Crippen LogP contribution is -1.99. The second-order valence-electron chi connectivity index (χ2n) is 3.28. The molecular weight excluding hydrogens is 274 g/mol. The van der Waals surface area contributed by atoms with E-state index in [-0.39, 0.29) is 5.69 Å². The summed E-state index contributed by atoms with van der Waals surface area (Å²) in [4.78, 5) is 10.0. The third-order valence-corrected chi connectivity index (χ3v) is 2.62. The van der Waals surface area contributed by atoms with E-state index < -0.39 is 4.92 Å². The molecule has 1 aromatic carbocycles. The summed E-state index contributed by atoms with van der Waals surface area (Å²) in [6, 6.07) is 7.73. The molecule has 1 heterocycles. The summed E-state index contributed by atoms with van der Waals surface area (Å²) < 4.78 is 2.55. The van der Waals surface area contributed by atoms with Gasteiger partial charge in [-0.3, -0.25) is 14.8 Å². The van der Waals surface area contributed by atoms with Gasteiger partial charge in [-0.1, -0.05) is 28.1 Å². The average Bonchev–Trinajstić information content (AvgIpc) is 2.70. The predicted octanol–water partition coefficient (Wildman–Crippen LogP) is 2.60. The van der Waals surface area contributed by atoms with E-state index in [1.54, 1.807) is 4.68 Å². The van der Waals surface area contributed by atoms with E-state index in [1.807, 2.05) is 24.3 Å². The van der Waals surface area contributed by atoms with Gasteiger partial charge in [-0.2, -0.15) is 5.10 Å². The second-order valence-corrected chi connectivity index (χ2v) is 4.20. The molecule has 0 aliphatic heterocycles. The van der Waals surface area contributed by atoms with Crippen molar-refractivity contribution in [1.82, 2.24) is 9.78 Å². The maximum atomic E-state index is 10.5. The first-order valence-corrected chi connectivity index (χ1v) is 5.36. The van der Waals surface area contributed by atoms with Crippen molar-refractivity contribution in [1.29, 1.82) is 0 Å². The lowest BCUT2D eigenvalue weighted by molar-refractivity contribution is -0.385. The Labute approximate surface area is 100.0 Å². The lowest BCUT2D eigenvalue weighted by atomic mass is 10.2. The van der Waals surface area contributed by atoms with E-state index in [0.29, 0.717) is 6.54 Å². The van der Waals surface area contributed by atoms with Crippen molar-refractivity contribution in [3.05, 3.63) is 56.8 Å². The smallest absolute Gasteiger partial charge is 0.261 e. The number of aromatic nitrogens is 2. The molecule has 0 fully saturated rings. The van der Waals surface area contributed by atoms with Gasteiger partial charge in [0.2, 0.25) is 0 Å². The summed E-state index contributed by atoms with van der Waals surface area (Å²) in [6.45, 7) is 0.529. The van der Waals surface area contributed by atoms with Gasteiger partial charge < -0.3 is 0 Å². The molecule has 0 saturated heterocycles. The molecule has 0 bridgehead atoms. The minimum Gasteiger partial charge on any atom is -0.261 e. The van der Waals surface area contributed by atoms with Crippen molar-refractivity contribution in [3.8, 4) is 0 Å². The Balaban J connectivity index is 2.14. The van der Waals surface area contributed by atoms with Gasteiger partial charge >= 0.3 is 5.69 Å². The van der Waals surface area contributed by atoms with Gasteiger partial charge in [-0.05, 0) is 17.7 Å². The van der Waals surface area contributed by atoms with E-state index in [4.69, 9.17) is 0 Å². The van der Waals surface area contributed by atoms with Crippen LogP contribution in [0.5, 0.6) is 0 Å². The Hall–Kier alpha value is -1.69. The standard InChI is InChI=1S/C10H8BrN3O2/c11-9-3-1-8(2-4-9)6-13-7-10(5-12-13)14(15)16/h1-5,7H,6H2. The lowest BCUT2D eigenvalue weighted by Gasteiger charge is -2.00. The van der Waals surface area contributed by atoms with Crippen molar-refractivity contribution in [2.24, 2.45) is 0 Å². The molecule has 2 rings (SSSR count). The highest BCUT2D eigenvalue weighted by molar-refractivity contribution is 9.10. The number of benzene rings is 1. The first-order valence-electron chi connectivity index (χ1n) is 4.56. The van der Waals surface area contributed by atoms with Crippen LogP contribution in [0.4, 0.5) is 5.69 Å². The number of hydrogen-bond donors (Lipinski definition) is 0. The van der Waals surface area contributed by atoms with Gasteiger partial charge in [0.1, 0.15) is 12.4 Å². The number of rotatable bonds is 3. The van der Waals surface area contributed by atoms with E-state index in [2.05, 4.69) is 21.0 Å². The first kappa shape index (κ1) is 10.8. The van der Waals surface area contributed by atoms with Crippen LogP contribution < -0.4 is 0 Å². The molecule has 5 nitrogen and oxygen atoms in total. The first-order chi connectivity index (χ1) is 7.65. The van der Waals surface area contributed by atoms with E-state index >= 15 is 0 Å². The van der Waals surface area contributed by atoms with E-state index in [1.165, 1.54) is 12.4 Å². The minimum absolute atomic E-state index is 0.0112. The fourth-order valence-electron chi connectivity index (χ4n) is 1.31. The summed E-state index contributed by atoms with van der Waals surface area (Å²) in [5.41, 5.74) is 1.05. The second kappa shape index (κ2) is 4.44. The molecule has 6 heteroatoms. The minimum atomic E-state index is -0.453. The van der Waals surface area contributed by atoms with Gasteiger partial charge in [0, 0.05) is 4.47 Å². The quantitative estimate of drug-likeness (QED) is 0.642. The monoisotopic (exact) mass is 281 g/mol. The topological polar surface area (TPSA) is 61.0 Å². The highest BCUT2D eigenvalue weighted by atomic mass is 79.9.